The van der Waals surface area contributed by atoms with Gasteiger partial charge in [0.25, 0.3) is 11.8 Å². The third-order valence-electron chi connectivity index (χ3n) is 3.06. The molecule has 0 saturated carbocycles. The van der Waals surface area contributed by atoms with Gasteiger partial charge in [-0.1, -0.05) is 18.2 Å². The molecule has 0 aliphatic heterocycles. The molecule has 5 nitrogen and oxygen atoms in total. The van der Waals surface area contributed by atoms with Crippen LogP contribution in [0.25, 0.3) is 0 Å². The van der Waals surface area contributed by atoms with Crippen molar-refractivity contribution >= 4 is 33.4 Å². The number of hydrogen-bond acceptors (Lipinski definition) is 3. The molecule has 3 N–H and O–H groups in total. The highest BCUT2D eigenvalue weighted by Crippen LogP contribution is 2.15. The lowest BCUT2D eigenvalue weighted by molar-refractivity contribution is -0.120. The summed E-state index contributed by atoms with van der Waals surface area (Å²) >= 11 is 3.26. The third-order valence-corrected chi connectivity index (χ3v) is 3.75. The standard InChI is InChI=1S/C16H15BrFN3O2/c1-10-6-7-11(8-14(10)18)19-9-15(22)20-21-16(23)12-4-2-3-5-13(12)17/h2-8,19H,9H2,1H3,(H,20,22)(H,21,23). The van der Waals surface area contributed by atoms with Crippen LogP contribution in [-0.2, 0) is 4.79 Å². The molecule has 2 amide bonds. The van der Waals surface area contributed by atoms with E-state index >= 15 is 0 Å². The highest BCUT2D eigenvalue weighted by molar-refractivity contribution is 9.10. The molecule has 0 fully saturated rings. The van der Waals surface area contributed by atoms with Crippen LogP contribution in [0.5, 0.6) is 0 Å². The zero-order valence-corrected chi connectivity index (χ0v) is 13.9. The van der Waals surface area contributed by atoms with E-state index in [1.54, 1.807) is 43.3 Å². The molecule has 2 rings (SSSR count). The highest BCUT2D eigenvalue weighted by atomic mass is 79.9. The minimum absolute atomic E-state index is 0.0985. The average Bonchev–Trinajstić information content (AvgIpc) is 2.54. The van der Waals surface area contributed by atoms with E-state index in [2.05, 4.69) is 32.1 Å². The molecule has 0 unspecified atom stereocenters. The molecule has 0 radical (unpaired) electrons. The lowest BCUT2D eigenvalue weighted by Crippen LogP contribution is -2.44. The lowest BCUT2D eigenvalue weighted by atomic mass is 10.2. The summed E-state index contributed by atoms with van der Waals surface area (Å²) in [6.07, 6.45) is 0. The molecule has 120 valence electrons. The van der Waals surface area contributed by atoms with E-state index in [4.69, 9.17) is 0 Å². The topological polar surface area (TPSA) is 70.2 Å². The summed E-state index contributed by atoms with van der Waals surface area (Å²) in [5.41, 5.74) is 6.02. The minimum Gasteiger partial charge on any atom is -0.376 e. The number of aryl methyl sites for hydroxylation is 1. The Morgan fingerprint density at radius 2 is 1.87 bits per heavy atom. The number of benzene rings is 2. The zero-order chi connectivity index (χ0) is 16.8. The second-order valence-electron chi connectivity index (χ2n) is 4.80. The van der Waals surface area contributed by atoms with Crippen molar-refractivity contribution in [1.82, 2.24) is 10.9 Å². The number of carbonyl (C=O) groups is 2. The molecule has 0 atom stereocenters. The van der Waals surface area contributed by atoms with Crippen molar-refractivity contribution in [2.45, 2.75) is 6.92 Å². The maximum atomic E-state index is 13.4. The summed E-state index contributed by atoms with van der Waals surface area (Å²) in [7, 11) is 0. The molecule has 0 aromatic heterocycles. The smallest absolute Gasteiger partial charge is 0.270 e. The van der Waals surface area contributed by atoms with E-state index in [9.17, 15) is 14.0 Å². The maximum Gasteiger partial charge on any atom is 0.270 e. The molecule has 7 heteroatoms. The summed E-state index contributed by atoms with van der Waals surface area (Å²) in [6.45, 7) is 1.56. The first-order chi connectivity index (χ1) is 11.0. The molecular weight excluding hydrogens is 365 g/mol. The Labute approximate surface area is 141 Å². The van der Waals surface area contributed by atoms with Crippen molar-refractivity contribution in [3.8, 4) is 0 Å². The molecule has 0 heterocycles. The molecule has 0 saturated heterocycles. The fraction of sp³-hybridized carbons (Fsp3) is 0.125. The fourth-order valence-corrected chi connectivity index (χ4v) is 2.23. The van der Waals surface area contributed by atoms with E-state index in [-0.39, 0.29) is 12.4 Å². The number of carbonyl (C=O) groups excluding carboxylic acids is 2. The molecule has 0 spiro atoms. The first kappa shape index (κ1) is 17.0. The Balaban J connectivity index is 1.82. The van der Waals surface area contributed by atoms with Crippen molar-refractivity contribution in [3.63, 3.8) is 0 Å². The van der Waals surface area contributed by atoms with E-state index in [1.165, 1.54) is 6.07 Å². The van der Waals surface area contributed by atoms with Crippen LogP contribution in [0.3, 0.4) is 0 Å². The summed E-state index contributed by atoms with van der Waals surface area (Å²) in [4.78, 5) is 23.6. The number of halogens is 2. The van der Waals surface area contributed by atoms with E-state index in [0.29, 0.717) is 21.3 Å². The van der Waals surface area contributed by atoms with Crippen LogP contribution in [0.15, 0.2) is 46.9 Å². The van der Waals surface area contributed by atoms with E-state index in [0.717, 1.165) is 0 Å². The monoisotopic (exact) mass is 379 g/mol. The van der Waals surface area contributed by atoms with Gasteiger partial charge in [0.05, 0.1) is 12.1 Å². The molecule has 0 bridgehead atoms. The van der Waals surface area contributed by atoms with Gasteiger partial charge < -0.3 is 5.32 Å². The molecule has 0 aliphatic carbocycles. The molecule has 0 aliphatic rings. The minimum atomic E-state index is -0.452. The Kier molecular flexibility index (Phi) is 5.70. The van der Waals surface area contributed by atoms with Crippen molar-refractivity contribution in [3.05, 3.63) is 63.9 Å². The number of hydrogen-bond donors (Lipinski definition) is 3. The van der Waals surface area contributed by atoms with Crippen molar-refractivity contribution < 1.29 is 14.0 Å². The third kappa shape index (κ3) is 4.79. The molecule has 2 aromatic rings. The predicted molar refractivity (Wildman–Crippen MR) is 89.4 cm³/mol. The number of amides is 2. The largest absolute Gasteiger partial charge is 0.376 e. The van der Waals surface area contributed by atoms with Gasteiger partial charge in [-0.15, -0.1) is 0 Å². The Morgan fingerprint density at radius 3 is 2.57 bits per heavy atom. The van der Waals surface area contributed by atoms with Crippen LogP contribution in [0.1, 0.15) is 15.9 Å². The second kappa shape index (κ2) is 7.73. The predicted octanol–water partition coefficient (Wildman–Crippen LogP) is 2.77. The quantitative estimate of drug-likeness (QED) is 0.715. The molecule has 23 heavy (non-hydrogen) atoms. The van der Waals surface area contributed by atoms with Gasteiger partial charge in [-0.25, -0.2) is 4.39 Å². The van der Waals surface area contributed by atoms with E-state index in [1.807, 2.05) is 0 Å². The first-order valence-electron chi connectivity index (χ1n) is 6.81. The second-order valence-corrected chi connectivity index (χ2v) is 5.65. The van der Waals surface area contributed by atoms with Gasteiger partial charge in [0.2, 0.25) is 0 Å². The van der Waals surface area contributed by atoms with E-state index < -0.39 is 11.8 Å². The first-order valence-corrected chi connectivity index (χ1v) is 7.60. The van der Waals surface area contributed by atoms with Gasteiger partial charge in [-0.2, -0.15) is 0 Å². The van der Waals surface area contributed by atoms with Crippen LogP contribution >= 0.6 is 15.9 Å². The van der Waals surface area contributed by atoms with Crippen LogP contribution in [-0.4, -0.2) is 18.4 Å². The van der Waals surface area contributed by atoms with Gasteiger partial charge in [0, 0.05) is 10.2 Å². The van der Waals surface area contributed by atoms with Crippen LogP contribution in [0.2, 0.25) is 0 Å². The summed E-state index contributed by atoms with van der Waals surface area (Å²) in [5.74, 6) is -1.24. The summed E-state index contributed by atoms with van der Waals surface area (Å²) < 4.78 is 14.0. The van der Waals surface area contributed by atoms with Crippen molar-refractivity contribution in [2.24, 2.45) is 0 Å². The average molecular weight is 380 g/mol. The Morgan fingerprint density at radius 1 is 1.13 bits per heavy atom. The van der Waals surface area contributed by atoms with Gasteiger partial charge in [-0.05, 0) is 52.7 Å². The van der Waals surface area contributed by atoms with Gasteiger partial charge in [0.15, 0.2) is 0 Å². The van der Waals surface area contributed by atoms with Gasteiger partial charge >= 0.3 is 0 Å². The van der Waals surface area contributed by atoms with Crippen molar-refractivity contribution in [1.29, 1.82) is 0 Å². The maximum absolute atomic E-state index is 13.4. The fourth-order valence-electron chi connectivity index (χ4n) is 1.77. The molecular formula is C16H15BrFN3O2. The number of nitrogens with one attached hydrogen (secondary N) is 3. The Hall–Kier alpha value is -2.41. The summed E-state index contributed by atoms with van der Waals surface area (Å²) in [6, 6.07) is 11.4. The zero-order valence-electron chi connectivity index (χ0n) is 12.3. The Bertz CT molecular complexity index is 737. The SMILES string of the molecule is Cc1ccc(NCC(=O)NNC(=O)c2ccccc2Br)cc1F. The van der Waals surface area contributed by atoms with Gasteiger partial charge in [0.1, 0.15) is 5.82 Å². The number of rotatable bonds is 4. The van der Waals surface area contributed by atoms with Crippen LogP contribution in [0.4, 0.5) is 10.1 Å². The number of anilines is 1. The van der Waals surface area contributed by atoms with Crippen molar-refractivity contribution in [2.75, 3.05) is 11.9 Å². The highest BCUT2D eigenvalue weighted by Gasteiger charge is 2.10. The lowest BCUT2D eigenvalue weighted by Gasteiger charge is -2.10. The number of hydrazine groups is 1. The molecule has 2 aromatic carbocycles. The normalized spacial score (nSPS) is 10.0. The van der Waals surface area contributed by atoms with Gasteiger partial charge in [-0.3, -0.25) is 20.4 Å². The van der Waals surface area contributed by atoms with Crippen LogP contribution in [0, 0.1) is 12.7 Å². The van der Waals surface area contributed by atoms with Crippen LogP contribution < -0.4 is 16.2 Å². The summed E-state index contributed by atoms with van der Waals surface area (Å²) in [5, 5.41) is 2.77.